The first-order chi connectivity index (χ1) is 8.26. The van der Waals surface area contributed by atoms with E-state index in [-0.39, 0.29) is 12.6 Å². The SMILES string of the molecule is N#Cc1cnc(N2CCCCC2CO)c(N)c1. The van der Waals surface area contributed by atoms with Crippen LogP contribution in [-0.2, 0) is 0 Å². The molecule has 1 aromatic rings. The lowest BCUT2D eigenvalue weighted by Crippen LogP contribution is -2.42. The van der Waals surface area contributed by atoms with E-state index in [9.17, 15) is 5.11 Å². The van der Waals surface area contributed by atoms with Crippen molar-refractivity contribution >= 4 is 11.5 Å². The summed E-state index contributed by atoms with van der Waals surface area (Å²) < 4.78 is 0. The number of piperidine rings is 1. The van der Waals surface area contributed by atoms with E-state index in [0.29, 0.717) is 17.1 Å². The molecule has 3 N–H and O–H groups in total. The Morgan fingerprint density at radius 1 is 1.59 bits per heavy atom. The van der Waals surface area contributed by atoms with Gasteiger partial charge < -0.3 is 15.7 Å². The van der Waals surface area contributed by atoms with Gasteiger partial charge >= 0.3 is 0 Å². The van der Waals surface area contributed by atoms with E-state index in [0.717, 1.165) is 25.8 Å². The Labute approximate surface area is 100 Å². The quantitative estimate of drug-likeness (QED) is 0.790. The summed E-state index contributed by atoms with van der Waals surface area (Å²) in [4.78, 5) is 6.28. The number of hydrogen-bond donors (Lipinski definition) is 2. The summed E-state index contributed by atoms with van der Waals surface area (Å²) in [5.41, 5.74) is 6.87. The first kappa shape index (κ1) is 11.7. The van der Waals surface area contributed by atoms with Gasteiger partial charge in [-0.1, -0.05) is 0 Å². The highest BCUT2D eigenvalue weighted by atomic mass is 16.3. The minimum Gasteiger partial charge on any atom is -0.396 e. The topological polar surface area (TPSA) is 86.2 Å². The lowest BCUT2D eigenvalue weighted by atomic mass is 10.0. The van der Waals surface area contributed by atoms with Gasteiger partial charge in [0.1, 0.15) is 6.07 Å². The molecule has 1 aromatic heterocycles. The first-order valence-corrected chi connectivity index (χ1v) is 5.79. The molecule has 1 fully saturated rings. The highest BCUT2D eigenvalue weighted by Gasteiger charge is 2.24. The molecule has 0 radical (unpaired) electrons. The van der Waals surface area contributed by atoms with Crippen LogP contribution >= 0.6 is 0 Å². The summed E-state index contributed by atoms with van der Waals surface area (Å²) in [5, 5.41) is 18.1. The second-order valence-electron chi connectivity index (χ2n) is 4.27. The van der Waals surface area contributed by atoms with E-state index in [1.807, 2.05) is 11.0 Å². The maximum Gasteiger partial charge on any atom is 0.152 e. The fourth-order valence-electron chi connectivity index (χ4n) is 2.24. The number of nitrogens with zero attached hydrogens (tertiary/aromatic N) is 3. The van der Waals surface area contributed by atoms with Crippen molar-refractivity contribution in [2.45, 2.75) is 25.3 Å². The average Bonchev–Trinajstić information content (AvgIpc) is 2.38. The van der Waals surface area contributed by atoms with Gasteiger partial charge in [-0.25, -0.2) is 4.98 Å². The van der Waals surface area contributed by atoms with Crippen LogP contribution in [-0.4, -0.2) is 29.3 Å². The minimum absolute atomic E-state index is 0.0893. The van der Waals surface area contributed by atoms with Gasteiger partial charge in [-0.15, -0.1) is 0 Å². The number of anilines is 2. The smallest absolute Gasteiger partial charge is 0.152 e. The average molecular weight is 232 g/mol. The van der Waals surface area contributed by atoms with E-state index < -0.39 is 0 Å². The molecular weight excluding hydrogens is 216 g/mol. The summed E-state index contributed by atoms with van der Waals surface area (Å²) >= 11 is 0. The summed E-state index contributed by atoms with van der Waals surface area (Å²) in [6.07, 6.45) is 4.68. The summed E-state index contributed by atoms with van der Waals surface area (Å²) in [6, 6.07) is 3.73. The number of rotatable bonds is 2. The number of aliphatic hydroxyl groups is 1. The monoisotopic (exact) mass is 232 g/mol. The molecule has 2 rings (SSSR count). The van der Waals surface area contributed by atoms with Crippen LogP contribution in [0.5, 0.6) is 0 Å². The Kier molecular flexibility index (Phi) is 3.45. The van der Waals surface area contributed by atoms with Crippen LogP contribution in [0.1, 0.15) is 24.8 Å². The Balaban J connectivity index is 2.29. The molecule has 0 aromatic carbocycles. The number of aliphatic hydroxyl groups excluding tert-OH is 1. The highest BCUT2D eigenvalue weighted by molar-refractivity contribution is 5.65. The van der Waals surface area contributed by atoms with E-state index in [2.05, 4.69) is 4.98 Å². The minimum atomic E-state index is 0.0893. The van der Waals surface area contributed by atoms with Gasteiger partial charge in [-0.2, -0.15) is 5.26 Å². The predicted molar refractivity (Wildman–Crippen MR) is 65.4 cm³/mol. The Bertz CT molecular complexity index is 441. The molecular formula is C12H16N4O. The van der Waals surface area contributed by atoms with E-state index >= 15 is 0 Å². The van der Waals surface area contributed by atoms with Crippen LogP contribution in [0.2, 0.25) is 0 Å². The Hall–Kier alpha value is -1.80. The standard InChI is InChI=1S/C12H16N4O/c13-6-9-5-11(14)12(15-7-9)16-4-2-1-3-10(16)8-17/h5,7,10,17H,1-4,8,14H2. The maximum atomic E-state index is 9.35. The molecule has 1 aliphatic heterocycles. The van der Waals surface area contributed by atoms with Crippen molar-refractivity contribution in [1.29, 1.82) is 5.26 Å². The van der Waals surface area contributed by atoms with Gasteiger partial charge in [0.25, 0.3) is 0 Å². The number of aromatic nitrogens is 1. The Morgan fingerprint density at radius 3 is 3.06 bits per heavy atom. The van der Waals surface area contributed by atoms with Gasteiger partial charge in [-0.05, 0) is 25.3 Å². The van der Waals surface area contributed by atoms with Gasteiger partial charge in [0.2, 0.25) is 0 Å². The molecule has 0 saturated carbocycles. The van der Waals surface area contributed by atoms with Crippen LogP contribution in [0.25, 0.3) is 0 Å². The van der Waals surface area contributed by atoms with Crippen molar-refractivity contribution in [3.8, 4) is 6.07 Å². The van der Waals surface area contributed by atoms with Crippen molar-refractivity contribution < 1.29 is 5.11 Å². The van der Waals surface area contributed by atoms with Gasteiger partial charge in [0.05, 0.1) is 23.9 Å². The molecule has 0 amide bonds. The van der Waals surface area contributed by atoms with Gasteiger partial charge in [0.15, 0.2) is 5.82 Å². The zero-order chi connectivity index (χ0) is 12.3. The highest BCUT2D eigenvalue weighted by Crippen LogP contribution is 2.27. The van der Waals surface area contributed by atoms with E-state index in [4.69, 9.17) is 11.0 Å². The second-order valence-corrected chi connectivity index (χ2v) is 4.27. The van der Waals surface area contributed by atoms with Crippen LogP contribution < -0.4 is 10.6 Å². The number of pyridine rings is 1. The van der Waals surface area contributed by atoms with Crippen LogP contribution in [0.3, 0.4) is 0 Å². The van der Waals surface area contributed by atoms with Crippen molar-refractivity contribution in [3.05, 3.63) is 17.8 Å². The summed E-state index contributed by atoms with van der Waals surface area (Å²) in [6.45, 7) is 0.968. The lowest BCUT2D eigenvalue weighted by Gasteiger charge is -2.36. The molecule has 5 heteroatoms. The maximum absolute atomic E-state index is 9.35. The van der Waals surface area contributed by atoms with Crippen LogP contribution in [0.15, 0.2) is 12.3 Å². The van der Waals surface area contributed by atoms with Crippen molar-refractivity contribution in [3.63, 3.8) is 0 Å². The fourth-order valence-corrected chi connectivity index (χ4v) is 2.24. The number of nitrogens with two attached hydrogens (primary N) is 1. The molecule has 17 heavy (non-hydrogen) atoms. The van der Waals surface area contributed by atoms with Crippen LogP contribution in [0.4, 0.5) is 11.5 Å². The first-order valence-electron chi connectivity index (χ1n) is 5.79. The van der Waals surface area contributed by atoms with Crippen molar-refractivity contribution in [2.24, 2.45) is 0 Å². The van der Waals surface area contributed by atoms with E-state index in [1.54, 1.807) is 6.07 Å². The zero-order valence-corrected chi connectivity index (χ0v) is 9.63. The van der Waals surface area contributed by atoms with Crippen molar-refractivity contribution in [1.82, 2.24) is 4.98 Å². The molecule has 5 nitrogen and oxygen atoms in total. The molecule has 1 saturated heterocycles. The Morgan fingerprint density at radius 2 is 2.41 bits per heavy atom. The number of nitrogen functional groups attached to an aromatic ring is 1. The predicted octanol–water partition coefficient (Wildman–Crippen LogP) is 0.887. The number of hydrogen-bond acceptors (Lipinski definition) is 5. The molecule has 0 aliphatic carbocycles. The third-order valence-corrected chi connectivity index (χ3v) is 3.13. The van der Waals surface area contributed by atoms with Gasteiger partial charge in [0, 0.05) is 12.7 Å². The largest absolute Gasteiger partial charge is 0.396 e. The van der Waals surface area contributed by atoms with Gasteiger partial charge in [-0.3, -0.25) is 0 Å². The molecule has 1 atom stereocenters. The third-order valence-electron chi connectivity index (χ3n) is 3.13. The van der Waals surface area contributed by atoms with Crippen molar-refractivity contribution in [2.75, 3.05) is 23.8 Å². The second kappa shape index (κ2) is 5.02. The van der Waals surface area contributed by atoms with Crippen LogP contribution in [0, 0.1) is 11.3 Å². The normalized spacial score (nSPS) is 20.0. The molecule has 0 bridgehead atoms. The van der Waals surface area contributed by atoms with E-state index in [1.165, 1.54) is 6.20 Å². The molecule has 2 heterocycles. The summed E-state index contributed by atoms with van der Waals surface area (Å²) in [5.74, 6) is 0.683. The third kappa shape index (κ3) is 2.32. The molecule has 1 aliphatic rings. The zero-order valence-electron chi connectivity index (χ0n) is 9.63. The summed E-state index contributed by atoms with van der Waals surface area (Å²) in [7, 11) is 0. The molecule has 90 valence electrons. The number of nitriles is 1. The molecule has 0 spiro atoms. The lowest BCUT2D eigenvalue weighted by molar-refractivity contribution is 0.239. The molecule has 1 unspecified atom stereocenters. The fraction of sp³-hybridized carbons (Fsp3) is 0.500.